The Kier molecular flexibility index (Phi) is 2.94. The Hall–Kier alpha value is -0.300. The minimum Gasteiger partial charge on any atom is -0.480 e. The lowest BCUT2D eigenvalue weighted by Gasteiger charge is -2.25. The summed E-state index contributed by atoms with van der Waals surface area (Å²) in [5.41, 5.74) is 0. The first-order valence-corrected chi connectivity index (χ1v) is 5.57. The Morgan fingerprint density at radius 1 is 1.58 bits per heavy atom. The number of rotatable bonds is 3. The van der Waals surface area contributed by atoms with Crippen molar-refractivity contribution in [3.63, 3.8) is 0 Å². The molecule has 72 valence electrons. The third kappa shape index (κ3) is 2.98. The molecule has 0 unspecified atom stereocenters. The predicted molar refractivity (Wildman–Crippen MR) is 46.6 cm³/mol. The molecule has 4 N–H and O–H groups in total. The van der Waals surface area contributed by atoms with Gasteiger partial charge in [-0.05, 0) is 6.42 Å². The molecule has 1 saturated heterocycles. The third-order valence-electron chi connectivity index (χ3n) is 1.80. The number of carboxylic acids is 1. The van der Waals surface area contributed by atoms with Crippen LogP contribution in [0.5, 0.6) is 0 Å². The molecule has 0 bridgehead atoms. The first-order valence-electron chi connectivity index (χ1n) is 3.68. The molecule has 12 heavy (non-hydrogen) atoms. The second-order valence-electron chi connectivity index (χ2n) is 2.93. The van der Waals surface area contributed by atoms with E-state index in [0.717, 1.165) is 0 Å². The molecule has 1 heterocycles. The molecule has 0 aliphatic carbocycles. The molecule has 1 rings (SSSR count). The van der Waals surface area contributed by atoms with Gasteiger partial charge in [0, 0.05) is 11.8 Å². The average molecular weight is 195 g/mol. The highest BCUT2D eigenvalue weighted by Gasteiger charge is 2.27. The minimum atomic E-state index is -2.40. The van der Waals surface area contributed by atoms with Crippen LogP contribution in [-0.2, 0) is 4.79 Å². The van der Waals surface area contributed by atoms with E-state index in [1.165, 1.54) is 0 Å². The van der Waals surface area contributed by atoms with Gasteiger partial charge in [-0.15, -0.1) is 0 Å². The highest BCUT2D eigenvalue weighted by Crippen LogP contribution is 2.45. The van der Waals surface area contributed by atoms with Gasteiger partial charge < -0.3 is 10.4 Å². The molecule has 0 saturated carbocycles. The van der Waals surface area contributed by atoms with Gasteiger partial charge in [0.05, 0.1) is 12.3 Å². The van der Waals surface area contributed by atoms with Gasteiger partial charge in [0.1, 0.15) is 0 Å². The SMILES string of the molecule is O=C(O)CN[C@H]1CCS(O)(O)C1. The van der Waals surface area contributed by atoms with E-state index in [9.17, 15) is 13.9 Å². The Balaban J connectivity index is 2.24. The van der Waals surface area contributed by atoms with E-state index in [1.807, 2.05) is 0 Å². The fraction of sp³-hybridized carbons (Fsp3) is 0.833. The molecule has 1 atom stereocenters. The lowest BCUT2D eigenvalue weighted by Crippen LogP contribution is -2.33. The van der Waals surface area contributed by atoms with Gasteiger partial charge in [-0.25, -0.2) is 0 Å². The molecule has 1 fully saturated rings. The lowest BCUT2D eigenvalue weighted by molar-refractivity contribution is -0.136. The first-order chi connectivity index (χ1) is 5.49. The van der Waals surface area contributed by atoms with Crippen LogP contribution in [0.15, 0.2) is 0 Å². The Morgan fingerprint density at radius 3 is 2.67 bits per heavy atom. The fourth-order valence-electron chi connectivity index (χ4n) is 1.21. The van der Waals surface area contributed by atoms with Crippen molar-refractivity contribution in [3.8, 4) is 0 Å². The van der Waals surface area contributed by atoms with Crippen molar-refractivity contribution in [3.05, 3.63) is 0 Å². The van der Waals surface area contributed by atoms with Gasteiger partial charge >= 0.3 is 5.97 Å². The Labute approximate surface area is 72.1 Å². The molecular weight excluding hydrogens is 182 g/mol. The topological polar surface area (TPSA) is 89.8 Å². The van der Waals surface area contributed by atoms with Crippen molar-refractivity contribution in [1.82, 2.24) is 5.32 Å². The molecule has 0 aromatic carbocycles. The maximum absolute atomic E-state index is 10.1. The van der Waals surface area contributed by atoms with Crippen molar-refractivity contribution in [2.45, 2.75) is 12.5 Å². The van der Waals surface area contributed by atoms with E-state index < -0.39 is 16.6 Å². The van der Waals surface area contributed by atoms with Gasteiger partial charge in [0.15, 0.2) is 0 Å². The van der Waals surface area contributed by atoms with Crippen molar-refractivity contribution in [2.24, 2.45) is 0 Å². The Bertz CT molecular complexity index is 184. The number of aliphatic carboxylic acids is 1. The summed E-state index contributed by atoms with van der Waals surface area (Å²) in [5, 5.41) is 11.1. The summed E-state index contributed by atoms with van der Waals surface area (Å²) in [4.78, 5) is 10.1. The summed E-state index contributed by atoms with van der Waals surface area (Å²) < 4.78 is 18.4. The van der Waals surface area contributed by atoms with E-state index in [0.29, 0.717) is 17.9 Å². The quantitative estimate of drug-likeness (QED) is 0.516. The number of hydrogen-bond donors (Lipinski definition) is 4. The summed E-state index contributed by atoms with van der Waals surface area (Å²) in [5.74, 6) is -0.233. The maximum Gasteiger partial charge on any atom is 0.317 e. The molecular formula is C6H13NO4S. The summed E-state index contributed by atoms with van der Waals surface area (Å²) in [6, 6.07) is -0.0499. The lowest BCUT2D eigenvalue weighted by atomic mass is 10.3. The zero-order valence-electron chi connectivity index (χ0n) is 6.56. The molecule has 0 radical (unpaired) electrons. The van der Waals surface area contributed by atoms with Crippen LogP contribution in [-0.4, -0.2) is 44.3 Å². The van der Waals surface area contributed by atoms with Gasteiger partial charge in [0.25, 0.3) is 0 Å². The molecule has 5 nitrogen and oxygen atoms in total. The first kappa shape index (κ1) is 9.79. The molecule has 0 aromatic rings. The van der Waals surface area contributed by atoms with Gasteiger partial charge in [0.2, 0.25) is 0 Å². The molecule has 0 spiro atoms. The minimum absolute atomic E-state index is 0.0499. The van der Waals surface area contributed by atoms with Crippen molar-refractivity contribution < 1.29 is 19.0 Å². The summed E-state index contributed by atoms with van der Waals surface area (Å²) in [7, 11) is -2.40. The van der Waals surface area contributed by atoms with E-state index in [2.05, 4.69) is 5.32 Å². The van der Waals surface area contributed by atoms with E-state index >= 15 is 0 Å². The fourth-order valence-corrected chi connectivity index (χ4v) is 2.97. The van der Waals surface area contributed by atoms with Crippen LogP contribution < -0.4 is 5.32 Å². The van der Waals surface area contributed by atoms with Crippen LogP contribution in [0.3, 0.4) is 0 Å². The highest BCUT2D eigenvalue weighted by molar-refractivity contribution is 8.24. The van der Waals surface area contributed by atoms with Crippen molar-refractivity contribution >= 4 is 16.6 Å². The van der Waals surface area contributed by atoms with E-state index in [-0.39, 0.29) is 12.6 Å². The largest absolute Gasteiger partial charge is 0.480 e. The summed E-state index contributed by atoms with van der Waals surface area (Å²) in [6.07, 6.45) is 0.648. The molecule has 1 aliphatic heterocycles. The molecule has 1 aliphatic rings. The molecule has 0 amide bonds. The summed E-state index contributed by atoms with van der Waals surface area (Å²) in [6.45, 7) is -0.111. The Morgan fingerprint density at radius 2 is 2.25 bits per heavy atom. The number of carbonyl (C=O) groups is 1. The van der Waals surface area contributed by atoms with Crippen LogP contribution in [0.4, 0.5) is 0 Å². The van der Waals surface area contributed by atoms with Crippen molar-refractivity contribution in [2.75, 3.05) is 18.1 Å². The number of nitrogens with one attached hydrogen (secondary N) is 1. The van der Waals surface area contributed by atoms with E-state index in [4.69, 9.17) is 5.11 Å². The third-order valence-corrected chi connectivity index (χ3v) is 3.63. The van der Waals surface area contributed by atoms with Crippen LogP contribution in [0, 0.1) is 0 Å². The second kappa shape index (κ2) is 3.61. The van der Waals surface area contributed by atoms with Gasteiger partial charge in [-0.3, -0.25) is 13.9 Å². The average Bonchev–Trinajstić information content (AvgIpc) is 2.26. The molecule has 0 aromatic heterocycles. The van der Waals surface area contributed by atoms with Crippen LogP contribution in [0.25, 0.3) is 0 Å². The smallest absolute Gasteiger partial charge is 0.317 e. The van der Waals surface area contributed by atoms with E-state index in [1.54, 1.807) is 0 Å². The zero-order valence-corrected chi connectivity index (χ0v) is 7.38. The summed E-state index contributed by atoms with van der Waals surface area (Å²) >= 11 is 0. The number of hydrogen-bond acceptors (Lipinski definition) is 4. The predicted octanol–water partition coefficient (Wildman–Crippen LogP) is 0.184. The van der Waals surface area contributed by atoms with Crippen molar-refractivity contribution in [1.29, 1.82) is 0 Å². The van der Waals surface area contributed by atoms with Crippen LogP contribution >= 0.6 is 10.6 Å². The van der Waals surface area contributed by atoms with Crippen LogP contribution in [0.2, 0.25) is 0 Å². The maximum atomic E-state index is 10.1. The van der Waals surface area contributed by atoms with Gasteiger partial charge in [-0.2, -0.15) is 10.6 Å². The highest BCUT2D eigenvalue weighted by atomic mass is 32.3. The zero-order chi connectivity index (χ0) is 9.19. The molecule has 6 heteroatoms. The van der Waals surface area contributed by atoms with Crippen LogP contribution in [0.1, 0.15) is 6.42 Å². The van der Waals surface area contributed by atoms with Gasteiger partial charge in [-0.1, -0.05) is 0 Å². The number of carboxylic acid groups (broad SMARTS) is 1. The standard InChI is InChI=1S/C6H13NO4S/c8-6(9)3-7-5-1-2-12(10,11)4-5/h5,7,10-11H,1-4H2,(H,8,9)/t5-/m0/s1. The normalized spacial score (nSPS) is 30.0. The second-order valence-corrected chi connectivity index (χ2v) is 5.28. The monoisotopic (exact) mass is 195 g/mol.